The van der Waals surface area contributed by atoms with Crippen molar-refractivity contribution in [2.45, 2.75) is 0 Å². The third kappa shape index (κ3) is 8.91. The van der Waals surface area contributed by atoms with Gasteiger partial charge in [0.25, 0.3) is 0 Å². The molecule has 0 aromatic carbocycles. The Kier molecular flexibility index (Phi) is 171. The Morgan fingerprint density at radius 3 is 1.25 bits per heavy atom. The molecule has 0 aromatic rings. The molecule has 0 rings (SSSR count). The summed E-state index contributed by atoms with van der Waals surface area (Å²) >= 11 is 0. The van der Waals surface area contributed by atoms with Crippen LogP contribution >= 0.6 is 0 Å². The topological polar surface area (TPSA) is 35.0 Å². The molecular formula is H9LaMgNSi. The summed E-state index contributed by atoms with van der Waals surface area (Å²) in [5.74, 6) is 0. The summed E-state index contributed by atoms with van der Waals surface area (Å²) in [7, 11) is 0. The van der Waals surface area contributed by atoms with Crippen LogP contribution in [-0.4, -0.2) is 34.0 Å². The van der Waals surface area contributed by atoms with Crippen molar-refractivity contribution in [2.75, 3.05) is 0 Å². The minimum absolute atomic E-state index is 0. The van der Waals surface area contributed by atoms with Gasteiger partial charge < -0.3 is 9.00 Å². The summed E-state index contributed by atoms with van der Waals surface area (Å²) < 4.78 is 0. The molecular weight excluding hydrogens is 205 g/mol. The van der Waals surface area contributed by atoms with Crippen molar-refractivity contribution in [3.63, 3.8) is 0 Å². The molecule has 23 valence electrons. The Morgan fingerprint density at radius 1 is 1.25 bits per heavy atom. The molecule has 4 heteroatoms. The first kappa shape index (κ1) is 35.4. The second-order valence-electron chi connectivity index (χ2n) is 0. The Labute approximate surface area is 77.6 Å². The molecule has 0 aromatic heterocycles. The van der Waals surface area contributed by atoms with Gasteiger partial charge in [0.05, 0.1) is 0 Å². The van der Waals surface area contributed by atoms with Crippen LogP contribution < -0.4 is 6.15 Å². The van der Waals surface area contributed by atoms with E-state index in [2.05, 4.69) is 0 Å². The fraction of sp³-hybridized carbons (Fsp3) is 0. The van der Waals surface area contributed by atoms with Crippen molar-refractivity contribution in [2.24, 2.45) is 0 Å². The number of hydrogen-bond acceptors (Lipinski definition) is 1. The molecule has 0 aliphatic heterocycles. The average Bonchev–Trinajstić information content (AvgIpc) is 0. The normalized spacial score (nSPS) is 0. The van der Waals surface area contributed by atoms with Crippen molar-refractivity contribution in [1.82, 2.24) is 6.15 Å². The maximum Gasteiger partial charge on any atom is 2.00 e. The molecule has 1 nitrogen and oxygen atoms in total. The minimum atomic E-state index is 0. The third-order valence-corrected chi connectivity index (χ3v) is 0. The second kappa shape index (κ2) is 19.2. The van der Waals surface area contributed by atoms with Crippen molar-refractivity contribution < 1.29 is 38.5 Å². The van der Waals surface area contributed by atoms with E-state index in [1.54, 1.807) is 0 Å². The van der Waals surface area contributed by atoms with Crippen molar-refractivity contribution in [1.29, 1.82) is 0 Å². The van der Waals surface area contributed by atoms with E-state index in [1.807, 2.05) is 0 Å². The fourth-order valence-electron chi connectivity index (χ4n) is 0. The zero-order chi connectivity index (χ0) is 0. The molecule has 0 amide bonds. The Bertz CT molecular complexity index is 13.5. The largest absolute Gasteiger partial charge is 2.00 e. The monoisotopic (exact) mass is 214 g/mol. The summed E-state index contributed by atoms with van der Waals surface area (Å²) in [6.45, 7) is 0. The van der Waals surface area contributed by atoms with Gasteiger partial charge in [0, 0.05) is 35.6 Å². The van der Waals surface area contributed by atoms with Gasteiger partial charge in [0.15, 0.2) is 0 Å². The van der Waals surface area contributed by atoms with Crippen LogP contribution in [0.2, 0.25) is 0 Å². The van der Waals surface area contributed by atoms with Gasteiger partial charge in [-0.05, 0) is 11.0 Å². The first-order valence-electron chi connectivity index (χ1n) is 0. The summed E-state index contributed by atoms with van der Waals surface area (Å²) in [6.07, 6.45) is 0. The summed E-state index contributed by atoms with van der Waals surface area (Å²) in [5.41, 5.74) is 0. The van der Waals surface area contributed by atoms with E-state index < -0.39 is 0 Å². The summed E-state index contributed by atoms with van der Waals surface area (Å²) in [5, 5.41) is 0. The van der Waals surface area contributed by atoms with Crippen molar-refractivity contribution in [3.05, 3.63) is 0 Å². The van der Waals surface area contributed by atoms with Gasteiger partial charge in [-0.1, -0.05) is 0 Å². The number of rotatable bonds is 0. The molecule has 4 heavy (non-hydrogen) atoms. The SMILES string of the molecule is N.[H-].[H-].[La].[Mg+2].[SiH4]. The van der Waals surface area contributed by atoms with Crippen LogP contribution in [0.3, 0.4) is 0 Å². The molecule has 0 unspecified atom stereocenters. The molecule has 0 bridgehead atoms. The molecule has 1 radical (unpaired) electrons. The number of hydrogen-bond donors (Lipinski definition) is 1. The maximum atomic E-state index is 0. The van der Waals surface area contributed by atoms with E-state index in [0.717, 1.165) is 0 Å². The zero-order valence-corrected chi connectivity index (χ0v) is 7.03. The first-order valence-corrected chi connectivity index (χ1v) is 0. The van der Waals surface area contributed by atoms with E-state index in [-0.39, 0.29) is 78.6 Å². The van der Waals surface area contributed by atoms with Crippen LogP contribution in [0.15, 0.2) is 0 Å². The van der Waals surface area contributed by atoms with Crippen molar-refractivity contribution in [3.8, 4) is 0 Å². The van der Waals surface area contributed by atoms with Crippen LogP contribution in [0, 0.1) is 35.6 Å². The quantitative estimate of drug-likeness (QED) is 0.492. The maximum absolute atomic E-state index is 0. The van der Waals surface area contributed by atoms with Gasteiger partial charge in [0.1, 0.15) is 0 Å². The van der Waals surface area contributed by atoms with Gasteiger partial charge in [-0.15, -0.1) is 0 Å². The molecule has 0 saturated carbocycles. The van der Waals surface area contributed by atoms with E-state index in [4.69, 9.17) is 0 Å². The second-order valence-corrected chi connectivity index (χ2v) is 0. The van der Waals surface area contributed by atoms with E-state index in [0.29, 0.717) is 0 Å². The minimum Gasteiger partial charge on any atom is -1.00 e. The van der Waals surface area contributed by atoms with Gasteiger partial charge in [-0.2, -0.15) is 0 Å². The predicted molar refractivity (Wildman–Crippen MR) is 24.3 cm³/mol. The van der Waals surface area contributed by atoms with Crippen LogP contribution in [0.5, 0.6) is 0 Å². The Balaban J connectivity index is 0. The predicted octanol–water partition coefficient (Wildman–Crippen LogP) is -1.45. The fourth-order valence-corrected chi connectivity index (χ4v) is 0. The molecule has 0 atom stereocenters. The summed E-state index contributed by atoms with van der Waals surface area (Å²) in [6, 6.07) is 0. The average molecular weight is 214 g/mol. The molecule has 0 saturated heterocycles. The van der Waals surface area contributed by atoms with Gasteiger partial charge in [0.2, 0.25) is 0 Å². The molecule has 3 N–H and O–H groups in total. The first-order chi connectivity index (χ1) is 0. The van der Waals surface area contributed by atoms with Crippen molar-refractivity contribution >= 4 is 34.0 Å². The van der Waals surface area contributed by atoms with Gasteiger partial charge in [-0.25, -0.2) is 0 Å². The molecule has 0 aliphatic carbocycles. The molecule has 0 fully saturated rings. The molecule has 0 spiro atoms. The molecule has 0 heterocycles. The van der Waals surface area contributed by atoms with Gasteiger partial charge >= 0.3 is 23.1 Å². The van der Waals surface area contributed by atoms with E-state index in [9.17, 15) is 0 Å². The Morgan fingerprint density at radius 2 is 1.25 bits per heavy atom. The van der Waals surface area contributed by atoms with Crippen LogP contribution in [-0.2, 0) is 0 Å². The third-order valence-electron chi connectivity index (χ3n) is 0. The smallest absolute Gasteiger partial charge is 1.00 e. The standard InChI is InChI=1S/La.Mg.H3N.H4Si.2H/h;;1H3;1H4;;/q;+2;;;2*-1. The Hall–Kier alpha value is 2.14. The summed E-state index contributed by atoms with van der Waals surface area (Å²) in [4.78, 5) is 0. The van der Waals surface area contributed by atoms with Crippen LogP contribution in [0.4, 0.5) is 0 Å². The zero-order valence-electron chi connectivity index (χ0n) is 3.99. The van der Waals surface area contributed by atoms with Crippen LogP contribution in [0.25, 0.3) is 0 Å². The molecule has 0 aliphatic rings. The van der Waals surface area contributed by atoms with Gasteiger partial charge in [-0.3, -0.25) is 0 Å². The van der Waals surface area contributed by atoms with Crippen LogP contribution in [0.1, 0.15) is 2.85 Å². The van der Waals surface area contributed by atoms with E-state index in [1.165, 1.54) is 0 Å². The van der Waals surface area contributed by atoms with E-state index >= 15 is 0 Å².